The molecule has 0 saturated carbocycles. The van der Waals surface area contributed by atoms with Gasteiger partial charge in [0.2, 0.25) is 5.91 Å². The maximum Gasteiger partial charge on any atom is 0.326 e. The van der Waals surface area contributed by atoms with E-state index in [0.29, 0.717) is 13.0 Å². The fraction of sp³-hybridized carbons (Fsp3) is 0.700. The monoisotopic (exact) mass is 243 g/mol. The van der Waals surface area contributed by atoms with E-state index in [1.54, 1.807) is 0 Å². The number of nitrogens with zero attached hydrogens (tertiary/aromatic N) is 2. The predicted octanol–water partition coefficient (Wildman–Crippen LogP) is -0.681. The summed E-state index contributed by atoms with van der Waals surface area (Å²) < 4.78 is 0. The molecule has 1 aliphatic heterocycles. The van der Waals surface area contributed by atoms with Crippen molar-refractivity contribution in [3.8, 4) is 0 Å². The van der Waals surface area contributed by atoms with Gasteiger partial charge < -0.3 is 20.6 Å². The topological polar surface area (TPSA) is 104 Å². The highest BCUT2D eigenvalue weighted by atomic mass is 16.4. The Labute approximate surface area is 99.2 Å². The minimum absolute atomic E-state index is 0.269. The average molecular weight is 243 g/mol. The van der Waals surface area contributed by atoms with Crippen molar-refractivity contribution in [3.63, 3.8) is 0 Å². The third-order valence-corrected chi connectivity index (χ3v) is 3.10. The van der Waals surface area contributed by atoms with Gasteiger partial charge in [-0.05, 0) is 13.3 Å². The van der Waals surface area contributed by atoms with E-state index in [4.69, 9.17) is 10.8 Å². The second kappa shape index (κ2) is 5.03. The zero-order valence-electron chi connectivity index (χ0n) is 9.92. The number of carbonyl (C=O) groups is 3. The Kier molecular flexibility index (Phi) is 3.93. The summed E-state index contributed by atoms with van der Waals surface area (Å²) in [5.41, 5.74) is 5.16. The summed E-state index contributed by atoms with van der Waals surface area (Å²) in [7, 11) is 1.43. The number of nitrogens with two attached hydrogens (primary N) is 1. The molecule has 7 nitrogen and oxygen atoms in total. The van der Waals surface area contributed by atoms with Crippen LogP contribution in [-0.2, 0) is 9.59 Å². The van der Waals surface area contributed by atoms with Crippen LogP contribution in [0.15, 0.2) is 0 Å². The van der Waals surface area contributed by atoms with Crippen LogP contribution >= 0.6 is 0 Å². The van der Waals surface area contributed by atoms with Crippen LogP contribution in [0.4, 0.5) is 4.79 Å². The number of rotatable bonds is 3. The first kappa shape index (κ1) is 13.3. The van der Waals surface area contributed by atoms with E-state index in [0.717, 1.165) is 4.90 Å². The molecule has 1 saturated heterocycles. The molecule has 0 aromatic heterocycles. The number of aliphatic carboxylic acids is 1. The maximum absolute atomic E-state index is 11.9. The zero-order chi connectivity index (χ0) is 13.2. The number of urea groups is 1. The van der Waals surface area contributed by atoms with Crippen LogP contribution in [0, 0.1) is 5.92 Å². The quantitative estimate of drug-likeness (QED) is 0.685. The van der Waals surface area contributed by atoms with Gasteiger partial charge in [0.15, 0.2) is 0 Å². The summed E-state index contributed by atoms with van der Waals surface area (Å²) in [5.74, 6) is -1.81. The van der Waals surface area contributed by atoms with Crippen molar-refractivity contribution in [1.82, 2.24) is 9.80 Å². The second-order valence-electron chi connectivity index (χ2n) is 4.24. The van der Waals surface area contributed by atoms with Crippen molar-refractivity contribution in [2.45, 2.75) is 19.4 Å². The lowest BCUT2D eigenvalue weighted by atomic mass is 10.1. The van der Waals surface area contributed by atoms with Gasteiger partial charge in [0, 0.05) is 20.1 Å². The molecule has 1 aliphatic rings. The number of carboxylic acid groups (broad SMARTS) is 1. The molecule has 2 atom stereocenters. The molecule has 1 fully saturated rings. The molecular weight excluding hydrogens is 226 g/mol. The number of hydrogen-bond donors (Lipinski definition) is 2. The van der Waals surface area contributed by atoms with E-state index >= 15 is 0 Å². The van der Waals surface area contributed by atoms with Crippen LogP contribution in [-0.4, -0.2) is 59.0 Å². The van der Waals surface area contributed by atoms with Crippen LogP contribution in [0.25, 0.3) is 0 Å². The molecule has 0 spiro atoms. The van der Waals surface area contributed by atoms with Gasteiger partial charge in [-0.15, -0.1) is 0 Å². The Hall–Kier alpha value is -1.79. The van der Waals surface area contributed by atoms with Crippen LogP contribution in [0.2, 0.25) is 0 Å². The Balaban J connectivity index is 2.60. The molecule has 0 aromatic rings. The van der Waals surface area contributed by atoms with Crippen LogP contribution in [0.1, 0.15) is 13.3 Å². The Morgan fingerprint density at radius 3 is 2.47 bits per heavy atom. The van der Waals surface area contributed by atoms with Crippen molar-refractivity contribution >= 4 is 17.9 Å². The van der Waals surface area contributed by atoms with Crippen molar-refractivity contribution in [1.29, 1.82) is 0 Å². The van der Waals surface area contributed by atoms with Gasteiger partial charge >= 0.3 is 12.0 Å². The van der Waals surface area contributed by atoms with E-state index < -0.39 is 17.9 Å². The predicted molar refractivity (Wildman–Crippen MR) is 59.1 cm³/mol. The molecule has 3 amide bonds. The Morgan fingerprint density at radius 1 is 1.47 bits per heavy atom. The third kappa shape index (κ3) is 2.86. The van der Waals surface area contributed by atoms with Crippen LogP contribution in [0.3, 0.4) is 0 Å². The molecule has 17 heavy (non-hydrogen) atoms. The van der Waals surface area contributed by atoms with Crippen molar-refractivity contribution in [2.24, 2.45) is 11.7 Å². The minimum Gasteiger partial charge on any atom is -0.480 e. The largest absolute Gasteiger partial charge is 0.480 e. The summed E-state index contributed by atoms with van der Waals surface area (Å²) in [4.78, 5) is 36.2. The highest BCUT2D eigenvalue weighted by molar-refractivity contribution is 5.83. The second-order valence-corrected chi connectivity index (χ2v) is 4.24. The van der Waals surface area contributed by atoms with Gasteiger partial charge in [-0.2, -0.15) is 0 Å². The average Bonchev–Trinajstić information content (AvgIpc) is 2.75. The van der Waals surface area contributed by atoms with Crippen molar-refractivity contribution in [2.75, 3.05) is 20.1 Å². The number of carboxylic acids is 1. The molecule has 0 aromatic carbocycles. The summed E-state index contributed by atoms with van der Waals surface area (Å²) >= 11 is 0. The molecule has 1 heterocycles. The number of likely N-dealkylation sites (tertiary alicyclic amines) is 1. The van der Waals surface area contributed by atoms with Gasteiger partial charge in [0.25, 0.3) is 0 Å². The SMILES string of the molecule is CC(C(=O)O)N(C)C(=O)N1CCC(C(N)=O)C1. The Bertz CT molecular complexity index is 344. The lowest BCUT2D eigenvalue weighted by Crippen LogP contribution is -2.47. The molecule has 2 unspecified atom stereocenters. The van der Waals surface area contributed by atoms with Gasteiger partial charge in [-0.1, -0.05) is 0 Å². The van der Waals surface area contributed by atoms with E-state index in [1.807, 2.05) is 0 Å². The number of carbonyl (C=O) groups excluding carboxylic acids is 2. The molecule has 0 bridgehead atoms. The fourth-order valence-electron chi connectivity index (χ4n) is 1.72. The van der Waals surface area contributed by atoms with E-state index in [2.05, 4.69) is 0 Å². The molecule has 1 rings (SSSR count). The number of likely N-dealkylation sites (N-methyl/N-ethyl adjacent to an activating group) is 1. The van der Waals surface area contributed by atoms with E-state index in [-0.39, 0.29) is 18.5 Å². The molecule has 3 N–H and O–H groups in total. The summed E-state index contributed by atoms with van der Waals surface area (Å²) in [6.07, 6.45) is 0.538. The summed E-state index contributed by atoms with van der Waals surface area (Å²) in [5, 5.41) is 8.80. The first-order chi connectivity index (χ1) is 7.84. The third-order valence-electron chi connectivity index (χ3n) is 3.10. The summed E-state index contributed by atoms with van der Waals surface area (Å²) in [6, 6.07) is -1.28. The summed E-state index contributed by atoms with van der Waals surface area (Å²) in [6.45, 7) is 2.13. The van der Waals surface area contributed by atoms with Gasteiger partial charge in [0.1, 0.15) is 6.04 Å². The minimum atomic E-state index is -1.06. The van der Waals surface area contributed by atoms with Crippen molar-refractivity contribution < 1.29 is 19.5 Å². The molecule has 96 valence electrons. The molecule has 7 heteroatoms. The number of amides is 3. The lowest BCUT2D eigenvalue weighted by Gasteiger charge is -2.27. The molecular formula is C10H17N3O4. The van der Waals surface area contributed by atoms with Gasteiger partial charge in [-0.25, -0.2) is 9.59 Å². The normalized spacial score (nSPS) is 21.1. The fourth-order valence-corrected chi connectivity index (χ4v) is 1.72. The first-order valence-corrected chi connectivity index (χ1v) is 5.38. The highest BCUT2D eigenvalue weighted by Gasteiger charge is 2.33. The highest BCUT2D eigenvalue weighted by Crippen LogP contribution is 2.17. The number of primary amides is 1. The van der Waals surface area contributed by atoms with Gasteiger partial charge in [0.05, 0.1) is 5.92 Å². The standard InChI is InChI=1S/C10H17N3O4/c1-6(9(15)16)12(2)10(17)13-4-3-7(5-13)8(11)14/h6-7H,3-5H2,1-2H3,(H2,11,14)(H,15,16). The molecule has 0 radical (unpaired) electrons. The zero-order valence-corrected chi connectivity index (χ0v) is 9.92. The van der Waals surface area contributed by atoms with Crippen LogP contribution in [0.5, 0.6) is 0 Å². The molecule has 0 aliphatic carbocycles. The van der Waals surface area contributed by atoms with E-state index in [9.17, 15) is 14.4 Å². The van der Waals surface area contributed by atoms with Crippen molar-refractivity contribution in [3.05, 3.63) is 0 Å². The van der Waals surface area contributed by atoms with E-state index in [1.165, 1.54) is 18.9 Å². The first-order valence-electron chi connectivity index (χ1n) is 5.38. The van der Waals surface area contributed by atoms with Gasteiger partial charge in [-0.3, -0.25) is 4.79 Å². The van der Waals surface area contributed by atoms with Crippen LogP contribution < -0.4 is 5.73 Å². The Morgan fingerprint density at radius 2 is 2.06 bits per heavy atom. The number of hydrogen-bond acceptors (Lipinski definition) is 3. The smallest absolute Gasteiger partial charge is 0.326 e. The maximum atomic E-state index is 11.9. The lowest BCUT2D eigenvalue weighted by molar-refractivity contribution is -0.141.